The second-order valence-electron chi connectivity index (χ2n) is 4.86. The second kappa shape index (κ2) is 4.78. The molecule has 96 valence electrons. The predicted molar refractivity (Wildman–Crippen MR) is 66.4 cm³/mol. The fraction of sp³-hybridized carbons (Fsp3) is 0.385. The first-order valence-corrected chi connectivity index (χ1v) is 5.84. The normalized spacial score (nSPS) is 26.8. The van der Waals surface area contributed by atoms with Crippen LogP contribution in [0.25, 0.3) is 0 Å². The number of benzene rings is 1. The minimum absolute atomic E-state index is 0.175. The third-order valence-electron chi connectivity index (χ3n) is 3.14. The van der Waals surface area contributed by atoms with Gasteiger partial charge in [0.15, 0.2) is 0 Å². The van der Waals surface area contributed by atoms with Gasteiger partial charge in [-0.3, -0.25) is 9.59 Å². The molecule has 0 unspecified atom stereocenters. The van der Waals surface area contributed by atoms with Crippen LogP contribution in [0.1, 0.15) is 23.7 Å². The number of carboxylic acid groups (broad SMARTS) is 1. The summed E-state index contributed by atoms with van der Waals surface area (Å²) in [6.45, 7) is 2.31. The van der Waals surface area contributed by atoms with Crippen LogP contribution in [0.5, 0.6) is 0 Å². The summed E-state index contributed by atoms with van der Waals surface area (Å²) in [5, 5.41) is 14.7. The van der Waals surface area contributed by atoms with Gasteiger partial charge in [0.2, 0.25) is 0 Å². The van der Waals surface area contributed by atoms with E-state index in [1.54, 1.807) is 24.3 Å². The minimum Gasteiger partial charge on any atom is -0.480 e. The molecule has 1 saturated heterocycles. The Hall–Kier alpha value is -1.88. The van der Waals surface area contributed by atoms with Crippen LogP contribution in [0, 0.1) is 0 Å². The second-order valence-corrected chi connectivity index (χ2v) is 4.86. The summed E-state index contributed by atoms with van der Waals surface area (Å²) >= 11 is 0. The summed E-state index contributed by atoms with van der Waals surface area (Å²) in [6, 6.07) is 8.31. The molecule has 2 atom stereocenters. The van der Waals surface area contributed by atoms with Crippen molar-refractivity contribution in [2.45, 2.75) is 24.9 Å². The van der Waals surface area contributed by atoms with Crippen molar-refractivity contribution in [1.82, 2.24) is 10.6 Å². The van der Waals surface area contributed by atoms with Gasteiger partial charge >= 0.3 is 5.97 Å². The van der Waals surface area contributed by atoms with Crippen LogP contribution >= 0.6 is 0 Å². The SMILES string of the molecule is C[C@]1(NC(=O)c2ccccc2)CN[C@H](C(=O)O)C1. The molecule has 1 amide bonds. The summed E-state index contributed by atoms with van der Waals surface area (Å²) in [4.78, 5) is 22.9. The molecule has 0 radical (unpaired) electrons. The van der Waals surface area contributed by atoms with Crippen LogP contribution in [-0.4, -0.2) is 35.1 Å². The fourth-order valence-electron chi connectivity index (χ4n) is 2.15. The highest BCUT2D eigenvalue weighted by molar-refractivity contribution is 5.94. The van der Waals surface area contributed by atoms with Crippen molar-refractivity contribution >= 4 is 11.9 Å². The van der Waals surface area contributed by atoms with Gasteiger partial charge in [0.1, 0.15) is 6.04 Å². The molecule has 1 heterocycles. The van der Waals surface area contributed by atoms with Gasteiger partial charge < -0.3 is 15.7 Å². The van der Waals surface area contributed by atoms with E-state index < -0.39 is 17.6 Å². The molecule has 1 aliphatic rings. The fourth-order valence-corrected chi connectivity index (χ4v) is 2.15. The number of aliphatic carboxylic acids is 1. The lowest BCUT2D eigenvalue weighted by molar-refractivity contribution is -0.139. The van der Waals surface area contributed by atoms with Crippen molar-refractivity contribution in [2.75, 3.05) is 6.54 Å². The van der Waals surface area contributed by atoms with Gasteiger partial charge in [-0.2, -0.15) is 0 Å². The molecule has 5 heteroatoms. The number of carbonyl (C=O) groups excluding carboxylic acids is 1. The molecule has 1 aromatic carbocycles. The molecule has 0 aliphatic carbocycles. The zero-order chi connectivity index (χ0) is 13.2. The van der Waals surface area contributed by atoms with Crippen molar-refractivity contribution in [3.05, 3.63) is 35.9 Å². The van der Waals surface area contributed by atoms with E-state index in [4.69, 9.17) is 5.11 Å². The van der Waals surface area contributed by atoms with E-state index in [1.807, 2.05) is 13.0 Å². The molecule has 3 N–H and O–H groups in total. The Morgan fingerprint density at radius 1 is 1.39 bits per heavy atom. The molecule has 1 aliphatic heterocycles. The highest BCUT2D eigenvalue weighted by atomic mass is 16.4. The molecular formula is C13H16N2O3. The number of carbonyl (C=O) groups is 2. The van der Waals surface area contributed by atoms with Gasteiger partial charge in [-0.1, -0.05) is 18.2 Å². The Kier molecular flexibility index (Phi) is 3.34. The molecule has 5 nitrogen and oxygen atoms in total. The zero-order valence-corrected chi connectivity index (χ0v) is 10.1. The van der Waals surface area contributed by atoms with E-state index in [0.29, 0.717) is 18.5 Å². The number of amides is 1. The van der Waals surface area contributed by atoms with Gasteiger partial charge in [-0.25, -0.2) is 0 Å². The maximum absolute atomic E-state index is 12.0. The van der Waals surface area contributed by atoms with Crippen molar-refractivity contribution in [1.29, 1.82) is 0 Å². The van der Waals surface area contributed by atoms with Crippen molar-refractivity contribution in [3.8, 4) is 0 Å². The van der Waals surface area contributed by atoms with Crippen molar-refractivity contribution in [2.24, 2.45) is 0 Å². The van der Waals surface area contributed by atoms with E-state index in [0.717, 1.165) is 0 Å². The maximum Gasteiger partial charge on any atom is 0.320 e. The lowest BCUT2D eigenvalue weighted by atomic mass is 9.98. The topological polar surface area (TPSA) is 78.4 Å². The highest BCUT2D eigenvalue weighted by Gasteiger charge is 2.39. The minimum atomic E-state index is -0.882. The molecule has 1 aromatic rings. The summed E-state index contributed by atoms with van der Waals surface area (Å²) in [6.07, 6.45) is 0.390. The van der Waals surface area contributed by atoms with E-state index in [1.165, 1.54) is 0 Å². The highest BCUT2D eigenvalue weighted by Crippen LogP contribution is 2.19. The van der Waals surface area contributed by atoms with Gasteiger partial charge in [0, 0.05) is 12.1 Å². The smallest absolute Gasteiger partial charge is 0.320 e. The first-order chi connectivity index (χ1) is 8.50. The number of rotatable bonds is 3. The van der Waals surface area contributed by atoms with Gasteiger partial charge in [-0.15, -0.1) is 0 Å². The van der Waals surface area contributed by atoms with Crippen LogP contribution in [0.2, 0.25) is 0 Å². The summed E-state index contributed by atoms with van der Waals surface area (Å²) in [5.74, 6) is -1.06. The first-order valence-electron chi connectivity index (χ1n) is 5.84. The molecule has 0 saturated carbocycles. The Morgan fingerprint density at radius 3 is 2.61 bits per heavy atom. The van der Waals surface area contributed by atoms with Crippen molar-refractivity contribution in [3.63, 3.8) is 0 Å². The molecule has 1 fully saturated rings. The number of hydrogen-bond donors (Lipinski definition) is 3. The molecule has 0 spiro atoms. The van der Waals surface area contributed by atoms with Gasteiger partial charge in [0.05, 0.1) is 5.54 Å². The van der Waals surface area contributed by atoms with Crippen LogP contribution in [-0.2, 0) is 4.79 Å². The average Bonchev–Trinajstić information content (AvgIpc) is 2.73. The molecule has 0 aromatic heterocycles. The van der Waals surface area contributed by atoms with E-state index >= 15 is 0 Å². The lowest BCUT2D eigenvalue weighted by Gasteiger charge is -2.24. The van der Waals surface area contributed by atoms with Crippen molar-refractivity contribution < 1.29 is 14.7 Å². The van der Waals surface area contributed by atoms with Crippen LogP contribution < -0.4 is 10.6 Å². The standard InChI is InChI=1S/C13H16N2O3/c1-13(7-10(12(17)18)14-8-13)15-11(16)9-5-3-2-4-6-9/h2-6,10,14H,7-8H2,1H3,(H,15,16)(H,17,18)/t10-,13+/m0/s1. The average molecular weight is 248 g/mol. The van der Waals surface area contributed by atoms with Crippen LogP contribution in [0.15, 0.2) is 30.3 Å². The van der Waals surface area contributed by atoms with Crippen LogP contribution in [0.3, 0.4) is 0 Å². The van der Waals surface area contributed by atoms with Gasteiger partial charge in [-0.05, 0) is 25.5 Å². The number of hydrogen-bond acceptors (Lipinski definition) is 3. The number of nitrogens with one attached hydrogen (secondary N) is 2. The molecular weight excluding hydrogens is 232 g/mol. The third-order valence-corrected chi connectivity index (χ3v) is 3.14. The predicted octanol–water partition coefficient (Wildman–Crippen LogP) is 0.622. The first kappa shape index (κ1) is 12.6. The third kappa shape index (κ3) is 2.68. The Bertz CT molecular complexity index is 461. The van der Waals surface area contributed by atoms with E-state index in [-0.39, 0.29) is 5.91 Å². The summed E-state index contributed by atoms with van der Waals surface area (Å²) in [7, 11) is 0. The maximum atomic E-state index is 12.0. The number of carboxylic acids is 1. The molecule has 2 rings (SSSR count). The quantitative estimate of drug-likeness (QED) is 0.732. The summed E-state index contributed by atoms with van der Waals surface area (Å²) < 4.78 is 0. The van der Waals surface area contributed by atoms with Gasteiger partial charge in [0.25, 0.3) is 5.91 Å². The largest absolute Gasteiger partial charge is 0.480 e. The lowest BCUT2D eigenvalue weighted by Crippen LogP contribution is -2.47. The molecule has 0 bridgehead atoms. The van der Waals surface area contributed by atoms with Crippen LogP contribution in [0.4, 0.5) is 0 Å². The Morgan fingerprint density at radius 2 is 2.06 bits per heavy atom. The van der Waals surface area contributed by atoms with E-state index in [2.05, 4.69) is 10.6 Å². The Balaban J connectivity index is 2.02. The zero-order valence-electron chi connectivity index (χ0n) is 10.1. The molecule has 18 heavy (non-hydrogen) atoms. The Labute approximate surface area is 105 Å². The van der Waals surface area contributed by atoms with E-state index in [9.17, 15) is 9.59 Å². The monoisotopic (exact) mass is 248 g/mol. The summed E-state index contributed by atoms with van der Waals surface area (Å²) in [5.41, 5.74) is 0.0631.